The molecule has 0 fully saturated rings. The van der Waals surface area contributed by atoms with Crippen molar-refractivity contribution in [3.63, 3.8) is 0 Å². The van der Waals surface area contributed by atoms with Crippen LogP contribution in [-0.2, 0) is 0 Å². The van der Waals surface area contributed by atoms with Crippen LogP contribution in [0.25, 0.3) is 0 Å². The maximum Gasteiger partial charge on any atom is 0.207 e. The van der Waals surface area contributed by atoms with Crippen LogP contribution >= 0.6 is 0 Å². The van der Waals surface area contributed by atoms with Gasteiger partial charge in [0.05, 0.1) is 14.2 Å². The van der Waals surface area contributed by atoms with E-state index in [-0.39, 0.29) is 11.5 Å². The summed E-state index contributed by atoms with van der Waals surface area (Å²) in [5.74, 6) is -4.47. The molecular formula is C14H10BF4O2. The van der Waals surface area contributed by atoms with Gasteiger partial charge in [0.15, 0.2) is 23.1 Å². The maximum absolute atomic E-state index is 14.0. The smallest absolute Gasteiger partial charge is 0.207 e. The molecule has 0 saturated carbocycles. The minimum atomic E-state index is -1.04. The summed E-state index contributed by atoms with van der Waals surface area (Å²) < 4.78 is 64.8. The van der Waals surface area contributed by atoms with Gasteiger partial charge in [0.2, 0.25) is 7.28 Å². The van der Waals surface area contributed by atoms with Crippen molar-refractivity contribution in [2.45, 2.75) is 0 Å². The van der Waals surface area contributed by atoms with Crippen LogP contribution in [0.1, 0.15) is 0 Å². The van der Waals surface area contributed by atoms with E-state index in [0.717, 1.165) is 31.5 Å². The number of ether oxygens (including phenoxy) is 2. The predicted octanol–water partition coefficient (Wildman–Crippen LogP) is 1.92. The lowest BCUT2D eigenvalue weighted by Gasteiger charge is -2.11. The van der Waals surface area contributed by atoms with Gasteiger partial charge in [-0.25, -0.2) is 17.6 Å². The van der Waals surface area contributed by atoms with Crippen LogP contribution in [0, 0.1) is 23.3 Å². The summed E-state index contributed by atoms with van der Waals surface area (Å²) >= 11 is 0. The Kier molecular flexibility index (Phi) is 4.40. The van der Waals surface area contributed by atoms with Crippen LogP contribution in [0.5, 0.6) is 11.5 Å². The Bertz CT molecular complexity index is 619. The minimum absolute atomic E-state index is 0.230. The van der Waals surface area contributed by atoms with Gasteiger partial charge in [0.25, 0.3) is 0 Å². The van der Waals surface area contributed by atoms with Gasteiger partial charge in [0.1, 0.15) is 11.6 Å². The SMILES string of the molecule is COc1ccc(F)c([B]c2c(F)ccc(OC)c2F)c1F. The second-order valence-corrected chi connectivity index (χ2v) is 4.10. The summed E-state index contributed by atoms with van der Waals surface area (Å²) in [5.41, 5.74) is -1.19. The molecule has 0 heterocycles. The van der Waals surface area contributed by atoms with Crippen LogP contribution in [0.15, 0.2) is 24.3 Å². The van der Waals surface area contributed by atoms with E-state index in [1.165, 1.54) is 14.2 Å². The molecule has 0 spiro atoms. The molecule has 0 aliphatic carbocycles. The molecule has 2 nitrogen and oxygen atoms in total. The fraction of sp³-hybridized carbons (Fsp3) is 0.143. The molecule has 109 valence electrons. The third-order valence-corrected chi connectivity index (χ3v) is 2.91. The normalized spacial score (nSPS) is 10.4. The molecule has 0 N–H and O–H groups in total. The number of rotatable bonds is 4. The molecule has 21 heavy (non-hydrogen) atoms. The van der Waals surface area contributed by atoms with Crippen molar-refractivity contribution in [1.29, 1.82) is 0 Å². The molecule has 1 radical (unpaired) electrons. The molecule has 2 rings (SSSR count). The van der Waals surface area contributed by atoms with Gasteiger partial charge >= 0.3 is 0 Å². The second kappa shape index (κ2) is 6.07. The highest BCUT2D eigenvalue weighted by atomic mass is 19.1. The molecule has 0 atom stereocenters. The molecule has 0 aliphatic rings. The summed E-state index contributed by atoms with van der Waals surface area (Å²) in [6.45, 7) is 0. The van der Waals surface area contributed by atoms with E-state index in [0.29, 0.717) is 0 Å². The van der Waals surface area contributed by atoms with Gasteiger partial charge in [-0.2, -0.15) is 0 Å². The Morgan fingerprint density at radius 3 is 1.43 bits per heavy atom. The van der Waals surface area contributed by atoms with Gasteiger partial charge in [-0.1, -0.05) is 0 Å². The van der Waals surface area contributed by atoms with Crippen molar-refractivity contribution in [2.24, 2.45) is 0 Å². The molecule has 0 unspecified atom stereocenters. The summed E-state index contributed by atoms with van der Waals surface area (Å²) in [4.78, 5) is 0. The van der Waals surface area contributed by atoms with Crippen molar-refractivity contribution in [3.05, 3.63) is 47.5 Å². The Hall–Kier alpha value is -2.18. The fourth-order valence-corrected chi connectivity index (χ4v) is 1.82. The van der Waals surface area contributed by atoms with E-state index >= 15 is 0 Å². The Morgan fingerprint density at radius 1 is 0.714 bits per heavy atom. The van der Waals surface area contributed by atoms with Crippen LogP contribution in [-0.4, -0.2) is 21.5 Å². The van der Waals surface area contributed by atoms with Crippen LogP contribution in [0.4, 0.5) is 17.6 Å². The summed E-state index contributed by atoms with van der Waals surface area (Å²) in [5, 5.41) is 0. The minimum Gasteiger partial charge on any atom is -0.494 e. The van der Waals surface area contributed by atoms with E-state index in [4.69, 9.17) is 9.47 Å². The zero-order chi connectivity index (χ0) is 15.6. The summed E-state index contributed by atoms with van der Waals surface area (Å²) in [6, 6.07) is 4.06. The first-order chi connectivity index (χ1) is 9.99. The number of hydrogen-bond donors (Lipinski definition) is 0. The highest BCUT2D eigenvalue weighted by Gasteiger charge is 2.21. The number of halogens is 4. The second-order valence-electron chi connectivity index (χ2n) is 4.10. The van der Waals surface area contributed by atoms with Crippen molar-refractivity contribution >= 4 is 18.2 Å². The number of benzene rings is 2. The van der Waals surface area contributed by atoms with E-state index in [9.17, 15) is 17.6 Å². The molecular weight excluding hydrogens is 287 g/mol. The van der Waals surface area contributed by atoms with Crippen molar-refractivity contribution < 1.29 is 27.0 Å². The Labute approximate surface area is 119 Å². The average Bonchev–Trinajstić information content (AvgIpc) is 2.46. The predicted molar refractivity (Wildman–Crippen MR) is 70.8 cm³/mol. The lowest BCUT2D eigenvalue weighted by molar-refractivity contribution is 0.385. The lowest BCUT2D eigenvalue weighted by atomic mass is 9.63. The maximum atomic E-state index is 14.0. The van der Waals surface area contributed by atoms with Gasteiger partial charge in [0, 0.05) is 0 Å². The van der Waals surface area contributed by atoms with Crippen molar-refractivity contribution in [2.75, 3.05) is 14.2 Å². The van der Waals surface area contributed by atoms with Crippen molar-refractivity contribution in [3.8, 4) is 11.5 Å². The highest BCUT2D eigenvalue weighted by molar-refractivity contribution is 6.67. The van der Waals surface area contributed by atoms with Crippen LogP contribution in [0.3, 0.4) is 0 Å². The molecule has 2 aromatic carbocycles. The van der Waals surface area contributed by atoms with Gasteiger partial charge in [-0.15, -0.1) is 0 Å². The molecule has 0 saturated heterocycles. The highest BCUT2D eigenvalue weighted by Crippen LogP contribution is 2.17. The van der Waals surface area contributed by atoms with E-state index in [1.54, 1.807) is 0 Å². The van der Waals surface area contributed by atoms with Gasteiger partial charge < -0.3 is 9.47 Å². The molecule has 0 amide bonds. The Balaban J connectivity index is 2.53. The molecule has 2 aromatic rings. The third kappa shape index (κ3) is 2.81. The van der Waals surface area contributed by atoms with E-state index in [2.05, 4.69) is 0 Å². The number of hydrogen-bond acceptors (Lipinski definition) is 2. The molecule has 0 aromatic heterocycles. The van der Waals surface area contributed by atoms with E-state index in [1.807, 2.05) is 0 Å². The largest absolute Gasteiger partial charge is 0.494 e. The summed E-state index contributed by atoms with van der Waals surface area (Å²) in [7, 11) is 3.14. The quantitative estimate of drug-likeness (QED) is 0.634. The first-order valence-electron chi connectivity index (χ1n) is 5.88. The standard InChI is InChI=1S/C14H10BF4O2/c1-20-9-5-3-7(16)11(13(9)18)15-12-8(17)4-6-10(21-2)14(12)19/h3-6H,1-2H3. The Morgan fingerprint density at radius 2 is 1.10 bits per heavy atom. The fourth-order valence-electron chi connectivity index (χ4n) is 1.82. The monoisotopic (exact) mass is 297 g/mol. The third-order valence-electron chi connectivity index (χ3n) is 2.91. The summed E-state index contributed by atoms with van der Waals surface area (Å²) in [6.07, 6.45) is 0. The topological polar surface area (TPSA) is 18.5 Å². The zero-order valence-corrected chi connectivity index (χ0v) is 11.2. The van der Waals surface area contributed by atoms with Crippen LogP contribution in [0.2, 0.25) is 0 Å². The van der Waals surface area contributed by atoms with Crippen LogP contribution < -0.4 is 20.4 Å². The molecule has 7 heteroatoms. The first-order valence-corrected chi connectivity index (χ1v) is 5.88. The zero-order valence-electron chi connectivity index (χ0n) is 11.2. The molecule has 0 bridgehead atoms. The van der Waals surface area contributed by atoms with Gasteiger partial charge in [-0.3, -0.25) is 0 Å². The van der Waals surface area contributed by atoms with E-state index < -0.39 is 34.2 Å². The lowest BCUT2D eigenvalue weighted by Crippen LogP contribution is -2.36. The average molecular weight is 297 g/mol. The van der Waals surface area contributed by atoms with Crippen molar-refractivity contribution in [1.82, 2.24) is 0 Å². The van der Waals surface area contributed by atoms with Gasteiger partial charge in [-0.05, 0) is 35.2 Å². The number of methoxy groups -OCH3 is 2. The first kappa shape index (κ1) is 15.2. The molecule has 0 aliphatic heterocycles.